The van der Waals surface area contributed by atoms with Gasteiger partial charge in [0, 0.05) is 11.8 Å². The Morgan fingerprint density at radius 2 is 1.50 bits per heavy atom. The van der Waals surface area contributed by atoms with Crippen molar-refractivity contribution in [2.45, 2.75) is 37.8 Å². The standard InChI is InChI=1S/C8H12N4O2/c1-3-5-7(11-13-9-5)4(2)8-6(3)10-14-12-8/h3-5,7,9,11H,1-2H3. The molecule has 1 aliphatic carbocycles. The summed E-state index contributed by atoms with van der Waals surface area (Å²) < 4.78 is 4.78. The van der Waals surface area contributed by atoms with Gasteiger partial charge in [-0.1, -0.05) is 24.2 Å². The van der Waals surface area contributed by atoms with E-state index >= 15 is 0 Å². The number of fused-ring (bicyclic) bond motifs is 2. The Hall–Kier alpha value is -0.980. The first-order chi connectivity index (χ1) is 6.79. The van der Waals surface area contributed by atoms with E-state index in [9.17, 15) is 0 Å². The molecule has 1 fully saturated rings. The summed E-state index contributed by atoms with van der Waals surface area (Å²) in [6, 6.07) is 0.480. The molecule has 76 valence electrons. The molecule has 0 saturated carbocycles. The molecule has 0 spiro atoms. The van der Waals surface area contributed by atoms with Crippen molar-refractivity contribution in [1.82, 2.24) is 21.3 Å². The highest BCUT2D eigenvalue weighted by Gasteiger charge is 2.45. The monoisotopic (exact) mass is 196 g/mol. The first kappa shape index (κ1) is 8.34. The van der Waals surface area contributed by atoms with E-state index in [1.807, 2.05) is 0 Å². The quantitative estimate of drug-likeness (QED) is 0.611. The molecule has 14 heavy (non-hydrogen) atoms. The first-order valence-electron chi connectivity index (χ1n) is 4.78. The minimum atomic E-state index is 0.240. The van der Waals surface area contributed by atoms with Crippen molar-refractivity contribution in [3.63, 3.8) is 0 Å². The first-order valence-corrected chi connectivity index (χ1v) is 4.78. The Morgan fingerprint density at radius 3 is 2.00 bits per heavy atom. The van der Waals surface area contributed by atoms with Gasteiger partial charge >= 0.3 is 0 Å². The van der Waals surface area contributed by atoms with Crippen molar-refractivity contribution in [2.75, 3.05) is 0 Å². The van der Waals surface area contributed by atoms with E-state index in [1.165, 1.54) is 0 Å². The molecule has 4 unspecified atom stereocenters. The molecule has 2 N–H and O–H groups in total. The number of hydroxylamine groups is 2. The van der Waals surface area contributed by atoms with E-state index in [4.69, 9.17) is 9.57 Å². The van der Waals surface area contributed by atoms with Crippen LogP contribution in [0.1, 0.15) is 37.1 Å². The lowest BCUT2D eigenvalue weighted by molar-refractivity contribution is 0.00683. The molecule has 1 aliphatic heterocycles. The van der Waals surface area contributed by atoms with Gasteiger partial charge in [-0.3, -0.25) is 0 Å². The van der Waals surface area contributed by atoms with Crippen LogP contribution in [0.5, 0.6) is 0 Å². The summed E-state index contributed by atoms with van der Waals surface area (Å²) in [5, 5.41) is 7.88. The second kappa shape index (κ2) is 2.75. The van der Waals surface area contributed by atoms with Crippen LogP contribution in [-0.2, 0) is 4.94 Å². The summed E-state index contributed by atoms with van der Waals surface area (Å²) >= 11 is 0. The summed E-state index contributed by atoms with van der Waals surface area (Å²) in [6.45, 7) is 4.19. The third-order valence-corrected chi connectivity index (χ3v) is 3.26. The second-order valence-electron chi connectivity index (χ2n) is 4.00. The molecular weight excluding hydrogens is 184 g/mol. The van der Waals surface area contributed by atoms with E-state index in [0.717, 1.165) is 11.4 Å². The van der Waals surface area contributed by atoms with E-state index in [1.54, 1.807) is 0 Å². The fraction of sp³-hybridized carbons (Fsp3) is 0.750. The lowest BCUT2D eigenvalue weighted by atomic mass is 9.77. The van der Waals surface area contributed by atoms with Crippen molar-refractivity contribution in [3.05, 3.63) is 11.4 Å². The summed E-state index contributed by atoms with van der Waals surface area (Å²) in [5.41, 5.74) is 7.78. The van der Waals surface area contributed by atoms with Crippen LogP contribution in [0.4, 0.5) is 0 Å². The Kier molecular flexibility index (Phi) is 1.64. The minimum absolute atomic E-state index is 0.240. The van der Waals surface area contributed by atoms with Gasteiger partial charge in [-0.05, 0) is 0 Å². The van der Waals surface area contributed by atoms with Gasteiger partial charge in [-0.2, -0.15) is 11.0 Å². The van der Waals surface area contributed by atoms with Crippen LogP contribution in [0.3, 0.4) is 0 Å². The van der Waals surface area contributed by atoms with E-state index in [-0.39, 0.29) is 23.9 Å². The van der Waals surface area contributed by atoms with Crippen LogP contribution in [-0.4, -0.2) is 22.4 Å². The Balaban J connectivity index is 2.08. The molecule has 1 aromatic heterocycles. The molecule has 0 radical (unpaired) electrons. The smallest absolute Gasteiger partial charge is 0.113 e. The molecule has 4 atom stereocenters. The molecule has 3 rings (SSSR count). The van der Waals surface area contributed by atoms with Gasteiger partial charge in [-0.15, -0.1) is 0 Å². The van der Waals surface area contributed by atoms with E-state index < -0.39 is 0 Å². The number of aromatic nitrogens is 2. The zero-order valence-corrected chi connectivity index (χ0v) is 8.02. The lowest BCUT2D eigenvalue weighted by Crippen LogP contribution is -2.45. The number of nitrogens with zero attached hydrogens (tertiary/aromatic N) is 2. The third-order valence-electron chi connectivity index (χ3n) is 3.26. The molecule has 2 aliphatic rings. The van der Waals surface area contributed by atoms with Crippen molar-refractivity contribution in [1.29, 1.82) is 0 Å². The predicted octanol–water partition coefficient (Wildman–Crippen LogP) is 0.0668. The van der Waals surface area contributed by atoms with Crippen LogP contribution in [0.15, 0.2) is 4.63 Å². The third kappa shape index (κ3) is 0.902. The number of hydrogen-bond acceptors (Lipinski definition) is 6. The van der Waals surface area contributed by atoms with Gasteiger partial charge in [0.1, 0.15) is 11.4 Å². The van der Waals surface area contributed by atoms with Crippen LogP contribution in [0.25, 0.3) is 0 Å². The van der Waals surface area contributed by atoms with Gasteiger partial charge in [0.25, 0.3) is 0 Å². The van der Waals surface area contributed by atoms with Crippen molar-refractivity contribution in [2.24, 2.45) is 0 Å². The topological polar surface area (TPSA) is 72.2 Å². The van der Waals surface area contributed by atoms with Crippen molar-refractivity contribution in [3.8, 4) is 0 Å². The molecule has 1 aromatic rings. The van der Waals surface area contributed by atoms with Crippen LogP contribution in [0.2, 0.25) is 0 Å². The molecular formula is C8H12N4O2. The SMILES string of the molecule is CC1c2nonc2C(C)C2NONC12. The zero-order chi connectivity index (χ0) is 9.71. The van der Waals surface area contributed by atoms with Crippen LogP contribution in [0, 0.1) is 0 Å². The highest BCUT2D eigenvalue weighted by Crippen LogP contribution is 2.38. The van der Waals surface area contributed by atoms with Crippen molar-refractivity contribution >= 4 is 0 Å². The highest BCUT2D eigenvalue weighted by atomic mass is 16.8. The molecule has 1 saturated heterocycles. The van der Waals surface area contributed by atoms with Gasteiger partial charge in [0.2, 0.25) is 0 Å². The van der Waals surface area contributed by atoms with Crippen molar-refractivity contribution < 1.29 is 9.57 Å². The molecule has 6 heteroatoms. The minimum Gasteiger partial charge on any atom is -0.244 e. The lowest BCUT2D eigenvalue weighted by Gasteiger charge is -2.30. The summed E-state index contributed by atoms with van der Waals surface area (Å²) in [7, 11) is 0. The average molecular weight is 196 g/mol. The maximum Gasteiger partial charge on any atom is 0.113 e. The largest absolute Gasteiger partial charge is 0.244 e. The molecule has 2 heterocycles. The summed E-state index contributed by atoms with van der Waals surface area (Å²) in [4.78, 5) is 5.05. The molecule has 0 aromatic carbocycles. The Bertz CT molecular complexity index is 322. The van der Waals surface area contributed by atoms with Gasteiger partial charge in [-0.25, -0.2) is 9.57 Å². The van der Waals surface area contributed by atoms with Crippen LogP contribution >= 0.6 is 0 Å². The van der Waals surface area contributed by atoms with Crippen LogP contribution < -0.4 is 11.0 Å². The Morgan fingerprint density at radius 1 is 1.00 bits per heavy atom. The van der Waals surface area contributed by atoms with Gasteiger partial charge < -0.3 is 0 Å². The zero-order valence-electron chi connectivity index (χ0n) is 8.02. The van der Waals surface area contributed by atoms with E-state index in [0.29, 0.717) is 0 Å². The second-order valence-corrected chi connectivity index (χ2v) is 4.00. The van der Waals surface area contributed by atoms with E-state index in [2.05, 4.69) is 35.1 Å². The normalized spacial score (nSPS) is 40.7. The average Bonchev–Trinajstić information content (AvgIpc) is 2.82. The fourth-order valence-corrected chi connectivity index (χ4v) is 2.32. The number of rotatable bonds is 0. The maximum absolute atomic E-state index is 5.05. The van der Waals surface area contributed by atoms with Gasteiger partial charge in [0.05, 0.1) is 12.1 Å². The van der Waals surface area contributed by atoms with Gasteiger partial charge in [0.15, 0.2) is 0 Å². The molecule has 0 bridgehead atoms. The summed E-state index contributed by atoms with van der Waals surface area (Å²) in [5.74, 6) is 0.514. The summed E-state index contributed by atoms with van der Waals surface area (Å²) in [6.07, 6.45) is 0. The Labute approximate surface area is 80.9 Å². The maximum atomic E-state index is 5.05. The molecule has 0 amide bonds. The number of hydrogen-bond donors (Lipinski definition) is 2. The predicted molar refractivity (Wildman–Crippen MR) is 46.1 cm³/mol. The highest BCUT2D eigenvalue weighted by molar-refractivity contribution is 5.27. The number of nitrogens with one attached hydrogen (secondary N) is 2. The molecule has 6 nitrogen and oxygen atoms in total. The fourth-order valence-electron chi connectivity index (χ4n) is 2.32.